The van der Waals surface area contributed by atoms with Crippen molar-refractivity contribution in [3.63, 3.8) is 0 Å². The number of allylic oxidation sites excluding steroid dienone is 4. The van der Waals surface area contributed by atoms with Gasteiger partial charge in [0.25, 0.3) is 0 Å². The molecule has 0 aliphatic heterocycles. The summed E-state index contributed by atoms with van der Waals surface area (Å²) in [5.74, 6) is 2.33. The third-order valence-corrected chi connectivity index (χ3v) is 3.96. The second kappa shape index (κ2) is 11.3. The summed E-state index contributed by atoms with van der Waals surface area (Å²) in [5, 5.41) is 0. The lowest BCUT2D eigenvalue weighted by Gasteiger charge is -2.12. The van der Waals surface area contributed by atoms with Crippen LogP contribution in [0.3, 0.4) is 0 Å². The van der Waals surface area contributed by atoms with Crippen LogP contribution in [-0.4, -0.2) is 0 Å². The summed E-state index contributed by atoms with van der Waals surface area (Å²) in [5.41, 5.74) is 1.52. The van der Waals surface area contributed by atoms with E-state index in [9.17, 15) is 0 Å². The van der Waals surface area contributed by atoms with Crippen molar-refractivity contribution in [1.29, 1.82) is 0 Å². The smallest absolute Gasteiger partial charge is 0.00544 e. The van der Waals surface area contributed by atoms with E-state index in [0.717, 1.165) is 11.8 Å². The van der Waals surface area contributed by atoms with Gasteiger partial charge in [0.15, 0.2) is 0 Å². The molecule has 0 saturated heterocycles. The number of rotatable bonds is 10. The van der Waals surface area contributed by atoms with Crippen molar-refractivity contribution in [2.45, 2.75) is 80.1 Å². The van der Waals surface area contributed by atoms with Crippen LogP contribution in [0.25, 0.3) is 0 Å². The van der Waals surface area contributed by atoms with Gasteiger partial charge in [-0.05, 0) is 43.9 Å². The summed E-state index contributed by atoms with van der Waals surface area (Å²) in [7, 11) is 0. The molecule has 0 amide bonds. The van der Waals surface area contributed by atoms with Crippen LogP contribution in [0.4, 0.5) is 0 Å². The van der Waals surface area contributed by atoms with E-state index >= 15 is 0 Å². The summed E-state index contributed by atoms with van der Waals surface area (Å²) in [6.45, 7) is 13.8. The molecule has 0 saturated carbocycles. The lowest BCUT2D eigenvalue weighted by atomic mass is 9.95. The fourth-order valence-corrected chi connectivity index (χ4v) is 2.15. The van der Waals surface area contributed by atoms with Crippen molar-refractivity contribution in [1.82, 2.24) is 0 Å². The molecule has 0 aromatic rings. The minimum absolute atomic E-state index is 0.609. The summed E-state index contributed by atoms with van der Waals surface area (Å²) in [6.07, 6.45) is 15.0. The van der Waals surface area contributed by atoms with E-state index in [4.69, 9.17) is 0 Å². The van der Waals surface area contributed by atoms with Crippen LogP contribution < -0.4 is 0 Å². The normalized spacial score (nSPS) is 16.3. The number of unbranched alkanes of at least 4 members (excludes halogenated alkanes) is 1. The fourth-order valence-electron chi connectivity index (χ4n) is 2.15. The highest BCUT2D eigenvalue weighted by Crippen LogP contribution is 2.18. The Morgan fingerprint density at radius 2 is 1.63 bits per heavy atom. The molecule has 0 fully saturated rings. The maximum atomic E-state index is 2.39. The van der Waals surface area contributed by atoms with Crippen LogP contribution in [0.2, 0.25) is 0 Å². The monoisotopic (exact) mass is 264 g/mol. The number of hydrogen-bond acceptors (Lipinski definition) is 0. The topological polar surface area (TPSA) is 0 Å². The quantitative estimate of drug-likeness (QED) is 0.382. The predicted octanol–water partition coefficient (Wildman–Crippen LogP) is 6.78. The van der Waals surface area contributed by atoms with Crippen molar-refractivity contribution in [3.8, 4) is 0 Å². The molecule has 0 nitrogen and oxygen atoms in total. The van der Waals surface area contributed by atoms with E-state index in [1.54, 1.807) is 0 Å². The van der Waals surface area contributed by atoms with Gasteiger partial charge in [-0.15, -0.1) is 0 Å². The Balaban J connectivity index is 3.83. The van der Waals surface area contributed by atoms with Gasteiger partial charge in [0, 0.05) is 0 Å². The second-order valence-electron chi connectivity index (χ2n) is 6.61. The Labute approximate surface area is 122 Å². The standard InChI is InChI=1S/C19H36/c1-7-8-12-18(5)19(6)13-10-9-11-17(4)15-14-16(2)3/h10,12-13,16-17,19H,7-9,11,14-15H2,1-6H3. The molecule has 112 valence electrons. The molecule has 0 rings (SSSR count). The zero-order valence-corrected chi connectivity index (χ0v) is 14.2. The molecule has 0 aromatic heterocycles. The maximum Gasteiger partial charge on any atom is -0.00544 e. The number of hydrogen-bond donors (Lipinski definition) is 0. The largest absolute Gasteiger partial charge is 0.0879 e. The Morgan fingerprint density at radius 1 is 0.947 bits per heavy atom. The SMILES string of the molecule is CCCC=C(C)C(C)C=CCCC(C)CCC(C)C. The molecule has 0 bridgehead atoms. The zero-order chi connectivity index (χ0) is 14.7. The molecule has 0 spiro atoms. The fraction of sp³-hybridized carbons (Fsp3) is 0.789. The van der Waals surface area contributed by atoms with Gasteiger partial charge in [0.1, 0.15) is 0 Å². The zero-order valence-electron chi connectivity index (χ0n) is 14.2. The first-order valence-electron chi connectivity index (χ1n) is 8.30. The van der Waals surface area contributed by atoms with E-state index in [2.05, 4.69) is 59.8 Å². The van der Waals surface area contributed by atoms with Gasteiger partial charge in [-0.25, -0.2) is 0 Å². The molecule has 2 unspecified atom stereocenters. The third-order valence-electron chi connectivity index (χ3n) is 3.96. The van der Waals surface area contributed by atoms with Crippen molar-refractivity contribution < 1.29 is 0 Å². The second-order valence-corrected chi connectivity index (χ2v) is 6.61. The highest BCUT2D eigenvalue weighted by Gasteiger charge is 2.03. The Morgan fingerprint density at radius 3 is 2.21 bits per heavy atom. The molecule has 0 aliphatic carbocycles. The Bertz CT molecular complexity index is 257. The van der Waals surface area contributed by atoms with Crippen LogP contribution in [0.15, 0.2) is 23.8 Å². The van der Waals surface area contributed by atoms with E-state index in [-0.39, 0.29) is 0 Å². The van der Waals surface area contributed by atoms with Crippen LogP contribution >= 0.6 is 0 Å². The van der Waals surface area contributed by atoms with Crippen LogP contribution in [0.5, 0.6) is 0 Å². The average Bonchev–Trinajstić information content (AvgIpc) is 2.38. The first kappa shape index (κ1) is 18.5. The summed E-state index contributed by atoms with van der Waals surface area (Å²) < 4.78 is 0. The summed E-state index contributed by atoms with van der Waals surface area (Å²) >= 11 is 0. The van der Waals surface area contributed by atoms with Gasteiger partial charge in [0.2, 0.25) is 0 Å². The molecule has 0 radical (unpaired) electrons. The van der Waals surface area contributed by atoms with Gasteiger partial charge < -0.3 is 0 Å². The molecule has 0 aromatic carbocycles. The van der Waals surface area contributed by atoms with Crippen LogP contribution in [0.1, 0.15) is 80.1 Å². The molecule has 0 heteroatoms. The molecule has 19 heavy (non-hydrogen) atoms. The van der Waals surface area contributed by atoms with Gasteiger partial charge >= 0.3 is 0 Å². The maximum absolute atomic E-state index is 2.39. The first-order chi connectivity index (χ1) is 8.97. The predicted molar refractivity (Wildman–Crippen MR) is 89.4 cm³/mol. The van der Waals surface area contributed by atoms with Crippen LogP contribution in [-0.2, 0) is 0 Å². The van der Waals surface area contributed by atoms with Crippen molar-refractivity contribution in [2.24, 2.45) is 17.8 Å². The molecular weight excluding hydrogens is 228 g/mol. The average molecular weight is 264 g/mol. The first-order valence-corrected chi connectivity index (χ1v) is 8.30. The van der Waals surface area contributed by atoms with Gasteiger partial charge in [-0.1, -0.05) is 77.7 Å². The van der Waals surface area contributed by atoms with Gasteiger partial charge in [-0.2, -0.15) is 0 Å². The molecular formula is C19H36. The highest BCUT2D eigenvalue weighted by molar-refractivity contribution is 5.09. The summed E-state index contributed by atoms with van der Waals surface area (Å²) in [4.78, 5) is 0. The van der Waals surface area contributed by atoms with E-state index in [0.29, 0.717) is 5.92 Å². The molecule has 0 heterocycles. The lowest BCUT2D eigenvalue weighted by molar-refractivity contribution is 0.430. The van der Waals surface area contributed by atoms with Crippen molar-refractivity contribution >= 4 is 0 Å². The minimum Gasteiger partial charge on any atom is -0.0879 e. The minimum atomic E-state index is 0.609. The van der Waals surface area contributed by atoms with Crippen molar-refractivity contribution in [2.75, 3.05) is 0 Å². The highest BCUT2D eigenvalue weighted by atomic mass is 14.1. The molecule has 0 N–H and O–H groups in total. The Hall–Kier alpha value is -0.520. The van der Waals surface area contributed by atoms with E-state index in [1.807, 2.05) is 0 Å². The van der Waals surface area contributed by atoms with Gasteiger partial charge in [0.05, 0.1) is 0 Å². The van der Waals surface area contributed by atoms with E-state index in [1.165, 1.54) is 44.1 Å². The summed E-state index contributed by atoms with van der Waals surface area (Å²) in [6, 6.07) is 0. The van der Waals surface area contributed by atoms with Crippen LogP contribution in [0, 0.1) is 17.8 Å². The lowest BCUT2D eigenvalue weighted by Crippen LogP contribution is -1.97. The third kappa shape index (κ3) is 11.0. The molecule has 2 atom stereocenters. The van der Waals surface area contributed by atoms with Crippen molar-refractivity contribution in [3.05, 3.63) is 23.8 Å². The van der Waals surface area contributed by atoms with Gasteiger partial charge in [-0.3, -0.25) is 0 Å². The molecule has 0 aliphatic rings. The van der Waals surface area contributed by atoms with E-state index < -0.39 is 0 Å². The Kier molecular flexibility index (Phi) is 11.0.